The van der Waals surface area contributed by atoms with E-state index >= 15 is 0 Å². The van der Waals surface area contributed by atoms with Crippen molar-refractivity contribution in [2.75, 3.05) is 48.1 Å². The predicted molar refractivity (Wildman–Crippen MR) is 120 cm³/mol. The predicted octanol–water partition coefficient (Wildman–Crippen LogP) is 4.00. The molecule has 1 aliphatic rings. The SMILES string of the molecule is COc1cc(C[C@@H]2c3cc(C)c(C)cc3CC[N@@+]2(C)CCCO)cc(OC)c1OC. The molecule has 0 bridgehead atoms. The number of aliphatic hydroxyl groups excluding tert-OH is 1. The standard InChI is InChI=1S/C25H36NO4/c1-17-12-20-8-10-26(3,9-7-11-27)22(21(20)13-18(17)2)14-19-15-23(28-4)25(30-6)24(16-19)29-5/h12-13,15-16,22,27H,7-11,14H2,1-6H3/q+1/t22-,26-/m1/s1. The number of hydrogen-bond donors (Lipinski definition) is 1. The minimum Gasteiger partial charge on any atom is -0.493 e. The Kier molecular flexibility index (Phi) is 6.94. The topological polar surface area (TPSA) is 47.9 Å². The van der Waals surface area contributed by atoms with Crippen LogP contribution in [-0.2, 0) is 12.8 Å². The van der Waals surface area contributed by atoms with E-state index in [4.69, 9.17) is 14.2 Å². The van der Waals surface area contributed by atoms with E-state index < -0.39 is 0 Å². The van der Waals surface area contributed by atoms with E-state index in [-0.39, 0.29) is 6.61 Å². The van der Waals surface area contributed by atoms with E-state index in [1.54, 1.807) is 21.3 Å². The number of methoxy groups -OCH3 is 3. The van der Waals surface area contributed by atoms with Crippen LogP contribution in [0.15, 0.2) is 24.3 Å². The van der Waals surface area contributed by atoms with E-state index in [2.05, 4.69) is 45.2 Å². The van der Waals surface area contributed by atoms with Gasteiger partial charge < -0.3 is 23.8 Å². The molecule has 0 aliphatic carbocycles. The van der Waals surface area contributed by atoms with E-state index in [9.17, 15) is 5.11 Å². The van der Waals surface area contributed by atoms with Crippen LogP contribution in [0.4, 0.5) is 0 Å². The van der Waals surface area contributed by atoms with Gasteiger partial charge in [-0.1, -0.05) is 6.07 Å². The van der Waals surface area contributed by atoms with Crippen molar-refractivity contribution < 1.29 is 23.8 Å². The molecule has 5 heteroatoms. The second kappa shape index (κ2) is 9.27. The van der Waals surface area contributed by atoms with Gasteiger partial charge in [-0.2, -0.15) is 0 Å². The number of likely N-dealkylation sites (N-methyl/N-ethyl adjacent to an activating group) is 1. The molecule has 1 heterocycles. The van der Waals surface area contributed by atoms with E-state index in [0.29, 0.717) is 23.3 Å². The molecule has 0 aromatic heterocycles. The maximum Gasteiger partial charge on any atom is 0.203 e. The molecular formula is C25H36NO4+. The molecule has 0 fully saturated rings. The number of fused-ring (bicyclic) bond motifs is 1. The molecule has 30 heavy (non-hydrogen) atoms. The van der Waals surface area contributed by atoms with Crippen molar-refractivity contribution in [3.05, 3.63) is 52.1 Å². The van der Waals surface area contributed by atoms with E-state index in [1.807, 2.05) is 0 Å². The van der Waals surface area contributed by atoms with Crippen LogP contribution in [0, 0.1) is 13.8 Å². The molecule has 0 saturated heterocycles. The Balaban J connectivity index is 2.07. The fraction of sp³-hybridized carbons (Fsp3) is 0.520. The van der Waals surface area contributed by atoms with Gasteiger partial charge in [0, 0.05) is 31.4 Å². The van der Waals surface area contributed by atoms with Gasteiger partial charge in [-0.15, -0.1) is 0 Å². The summed E-state index contributed by atoms with van der Waals surface area (Å²) in [6, 6.07) is 9.17. The van der Waals surface area contributed by atoms with Gasteiger partial charge in [0.25, 0.3) is 0 Å². The zero-order valence-corrected chi connectivity index (χ0v) is 19.2. The Morgan fingerprint density at radius 1 is 0.967 bits per heavy atom. The lowest BCUT2D eigenvalue weighted by Crippen LogP contribution is -2.52. The molecular weight excluding hydrogens is 378 g/mol. The monoisotopic (exact) mass is 414 g/mol. The second-order valence-corrected chi connectivity index (χ2v) is 8.64. The number of aliphatic hydroxyl groups is 1. The highest BCUT2D eigenvalue weighted by atomic mass is 16.5. The van der Waals surface area contributed by atoms with Crippen LogP contribution in [0.3, 0.4) is 0 Å². The number of rotatable bonds is 8. The highest BCUT2D eigenvalue weighted by Gasteiger charge is 2.39. The summed E-state index contributed by atoms with van der Waals surface area (Å²) in [6.07, 6.45) is 2.75. The largest absolute Gasteiger partial charge is 0.493 e. The normalized spacial score (nSPS) is 20.6. The molecule has 0 amide bonds. The second-order valence-electron chi connectivity index (χ2n) is 8.64. The number of nitrogens with zero attached hydrogens (tertiary/aromatic N) is 1. The molecule has 2 aromatic rings. The molecule has 0 unspecified atom stereocenters. The summed E-state index contributed by atoms with van der Waals surface area (Å²) in [5.41, 5.74) is 6.73. The number of benzene rings is 2. The Bertz CT molecular complexity index is 870. The highest BCUT2D eigenvalue weighted by molar-refractivity contribution is 5.54. The van der Waals surface area contributed by atoms with Gasteiger partial charge in [0.05, 0.1) is 41.5 Å². The Hall–Kier alpha value is -2.24. The number of aryl methyl sites for hydroxylation is 2. The van der Waals surface area contributed by atoms with Crippen molar-refractivity contribution >= 4 is 0 Å². The van der Waals surface area contributed by atoms with Crippen LogP contribution in [-0.4, -0.2) is 57.7 Å². The third-order valence-corrected chi connectivity index (χ3v) is 6.74. The lowest BCUT2D eigenvalue weighted by Gasteiger charge is -2.46. The van der Waals surface area contributed by atoms with Crippen molar-refractivity contribution in [3.8, 4) is 17.2 Å². The fourth-order valence-corrected chi connectivity index (χ4v) is 4.80. The first-order valence-electron chi connectivity index (χ1n) is 10.7. The zero-order chi connectivity index (χ0) is 21.9. The lowest BCUT2D eigenvalue weighted by molar-refractivity contribution is -0.941. The summed E-state index contributed by atoms with van der Waals surface area (Å²) in [7, 11) is 7.27. The van der Waals surface area contributed by atoms with Gasteiger partial charge in [0.15, 0.2) is 11.5 Å². The van der Waals surface area contributed by atoms with Gasteiger partial charge >= 0.3 is 0 Å². The molecule has 0 radical (unpaired) electrons. The summed E-state index contributed by atoms with van der Waals surface area (Å²) in [5, 5.41) is 9.50. The van der Waals surface area contributed by atoms with Crippen molar-refractivity contribution in [1.29, 1.82) is 0 Å². The quantitative estimate of drug-likeness (QED) is 0.664. The third-order valence-electron chi connectivity index (χ3n) is 6.74. The Morgan fingerprint density at radius 2 is 1.60 bits per heavy atom. The summed E-state index contributed by atoms with van der Waals surface area (Å²) in [4.78, 5) is 0. The lowest BCUT2D eigenvalue weighted by atomic mass is 9.84. The molecule has 0 saturated carbocycles. The number of quaternary nitrogens is 1. The highest BCUT2D eigenvalue weighted by Crippen LogP contribution is 2.42. The summed E-state index contributed by atoms with van der Waals surface area (Å²) in [6.45, 7) is 6.64. The maximum atomic E-state index is 9.50. The first kappa shape index (κ1) is 22.4. The van der Waals surface area contributed by atoms with Crippen LogP contribution in [0.25, 0.3) is 0 Å². The van der Waals surface area contributed by atoms with Crippen molar-refractivity contribution in [1.82, 2.24) is 0 Å². The van der Waals surface area contributed by atoms with Crippen LogP contribution in [0.5, 0.6) is 17.2 Å². The van der Waals surface area contributed by atoms with Gasteiger partial charge in [-0.25, -0.2) is 0 Å². The van der Waals surface area contributed by atoms with Crippen molar-refractivity contribution in [2.45, 2.75) is 39.2 Å². The third kappa shape index (κ3) is 4.28. The fourth-order valence-electron chi connectivity index (χ4n) is 4.80. The molecule has 164 valence electrons. The molecule has 3 rings (SSSR count). The molecule has 2 atom stereocenters. The Morgan fingerprint density at radius 3 is 2.17 bits per heavy atom. The summed E-state index contributed by atoms with van der Waals surface area (Å²) < 4.78 is 17.6. The van der Waals surface area contributed by atoms with E-state index in [0.717, 1.165) is 42.4 Å². The van der Waals surface area contributed by atoms with Gasteiger partial charge in [0.1, 0.15) is 6.04 Å². The van der Waals surface area contributed by atoms with Crippen LogP contribution in [0.2, 0.25) is 0 Å². The molecule has 2 aromatic carbocycles. The average molecular weight is 415 g/mol. The van der Waals surface area contributed by atoms with Crippen molar-refractivity contribution in [3.63, 3.8) is 0 Å². The summed E-state index contributed by atoms with van der Waals surface area (Å²) in [5.74, 6) is 2.00. The van der Waals surface area contributed by atoms with E-state index in [1.165, 1.54) is 22.3 Å². The molecule has 0 spiro atoms. The smallest absolute Gasteiger partial charge is 0.203 e. The number of ether oxygens (including phenoxy) is 3. The first-order chi connectivity index (χ1) is 14.4. The molecule has 1 N–H and O–H groups in total. The average Bonchev–Trinajstić information content (AvgIpc) is 2.75. The minimum absolute atomic E-state index is 0.227. The molecule has 1 aliphatic heterocycles. The Labute approximate surface area is 180 Å². The van der Waals surface area contributed by atoms with Gasteiger partial charge in [0.2, 0.25) is 5.75 Å². The number of hydrogen-bond acceptors (Lipinski definition) is 4. The van der Waals surface area contributed by atoms with Gasteiger partial charge in [-0.05, 0) is 54.3 Å². The minimum atomic E-state index is 0.227. The zero-order valence-electron chi connectivity index (χ0n) is 19.2. The van der Waals surface area contributed by atoms with Crippen molar-refractivity contribution in [2.24, 2.45) is 0 Å². The van der Waals surface area contributed by atoms with Gasteiger partial charge in [-0.3, -0.25) is 0 Å². The van der Waals surface area contributed by atoms with Crippen LogP contribution >= 0.6 is 0 Å². The molecule has 5 nitrogen and oxygen atoms in total. The maximum absolute atomic E-state index is 9.50. The summed E-state index contributed by atoms with van der Waals surface area (Å²) >= 11 is 0. The van der Waals surface area contributed by atoms with Crippen LogP contribution < -0.4 is 14.2 Å². The first-order valence-corrected chi connectivity index (χ1v) is 10.7. The van der Waals surface area contributed by atoms with Crippen LogP contribution in [0.1, 0.15) is 40.3 Å².